The molecule has 3 saturated heterocycles. The first-order chi connectivity index (χ1) is 20.9. The first-order valence-corrected chi connectivity index (χ1v) is 14.8. The molecule has 0 aliphatic carbocycles. The number of aliphatic carboxylic acids is 1. The number of nitrogens with zero attached hydrogens (tertiary/aromatic N) is 2. The molecule has 2 aromatic carbocycles. The molecular weight excluding hydrogens is 582 g/mol. The number of carbonyl (C=O) groups is 2. The molecular formula is C32H41F4N3O5. The minimum absolute atomic E-state index is 0.0496. The summed E-state index contributed by atoms with van der Waals surface area (Å²) in [7, 11) is 3.19. The van der Waals surface area contributed by atoms with Gasteiger partial charge in [-0.2, -0.15) is 13.2 Å². The lowest BCUT2D eigenvalue weighted by atomic mass is 9.86. The van der Waals surface area contributed by atoms with E-state index in [-0.39, 0.29) is 44.5 Å². The molecule has 0 spiro atoms. The fourth-order valence-corrected chi connectivity index (χ4v) is 6.25. The standard InChI is InChI=1S/C24H31F4N3O4.C8H10O/c1-35-13-16-11-31(22(34)23(25)6-7-29-14-23)12-19(16)18-3-2-17(24(26,27)28)10-20(18)30-8-4-15(5-9-30)21(32)33;1-7-3-5-8(9-2)6-4-7/h2-3,10,15-16,19,29H,4-9,11-14H2,1H3,(H,32,33);3-6H,1-2H3/t16-,19?,23-;/m1./s1. The second-order valence-corrected chi connectivity index (χ2v) is 11.8. The fourth-order valence-electron chi connectivity index (χ4n) is 6.25. The summed E-state index contributed by atoms with van der Waals surface area (Å²) in [6.45, 7) is 3.76. The minimum atomic E-state index is -4.54. The number of nitrogens with one attached hydrogen (secondary N) is 1. The summed E-state index contributed by atoms with van der Waals surface area (Å²) in [6, 6.07) is 11.6. The van der Waals surface area contributed by atoms with Crippen molar-refractivity contribution in [3.63, 3.8) is 0 Å². The molecule has 12 heteroatoms. The number of carbonyl (C=O) groups excluding carboxylic acids is 1. The van der Waals surface area contributed by atoms with Gasteiger partial charge in [0.1, 0.15) is 5.75 Å². The summed E-state index contributed by atoms with van der Waals surface area (Å²) < 4.78 is 66.2. The average molecular weight is 624 g/mol. The van der Waals surface area contributed by atoms with Gasteiger partial charge in [-0.15, -0.1) is 0 Å². The topological polar surface area (TPSA) is 91.3 Å². The van der Waals surface area contributed by atoms with Crippen LogP contribution in [0.25, 0.3) is 0 Å². The van der Waals surface area contributed by atoms with Crippen molar-refractivity contribution in [3.8, 4) is 5.75 Å². The SMILES string of the molecule is COC[C@H]1CN(C(=O)[C@@]2(F)CCNC2)CC1c1ccc(C(F)(F)F)cc1N1CCC(C(=O)O)CC1.COc1ccc(C)cc1. The number of piperidine rings is 1. The van der Waals surface area contributed by atoms with Crippen molar-refractivity contribution in [2.75, 3.05) is 65.0 Å². The Hall–Kier alpha value is -3.38. The van der Waals surface area contributed by atoms with E-state index in [9.17, 15) is 27.9 Å². The lowest BCUT2D eigenvalue weighted by Crippen LogP contribution is -2.46. The van der Waals surface area contributed by atoms with Gasteiger partial charge >= 0.3 is 12.1 Å². The van der Waals surface area contributed by atoms with Gasteiger partial charge in [-0.1, -0.05) is 23.8 Å². The van der Waals surface area contributed by atoms with Gasteiger partial charge < -0.3 is 29.7 Å². The van der Waals surface area contributed by atoms with E-state index < -0.39 is 35.2 Å². The average Bonchev–Trinajstić information content (AvgIpc) is 3.64. The molecule has 1 unspecified atom stereocenters. The summed E-state index contributed by atoms with van der Waals surface area (Å²) in [6.07, 6.45) is -3.78. The molecule has 1 amide bonds. The van der Waals surface area contributed by atoms with E-state index in [0.29, 0.717) is 43.7 Å². The molecule has 0 bridgehead atoms. The summed E-state index contributed by atoms with van der Waals surface area (Å²) in [5.41, 5.74) is -0.474. The number of ether oxygens (including phenoxy) is 2. The number of halogens is 4. The number of amides is 1. The maximum Gasteiger partial charge on any atom is 0.416 e. The van der Waals surface area contributed by atoms with E-state index in [0.717, 1.165) is 17.9 Å². The largest absolute Gasteiger partial charge is 0.497 e. The Morgan fingerprint density at radius 2 is 1.75 bits per heavy atom. The zero-order valence-corrected chi connectivity index (χ0v) is 25.3. The maximum absolute atomic E-state index is 15.2. The number of hydrogen-bond acceptors (Lipinski definition) is 6. The molecule has 2 aromatic rings. The van der Waals surface area contributed by atoms with Crippen LogP contribution < -0.4 is 15.0 Å². The molecule has 3 aliphatic heterocycles. The smallest absolute Gasteiger partial charge is 0.416 e. The number of hydrogen-bond donors (Lipinski definition) is 2. The van der Waals surface area contributed by atoms with E-state index in [1.54, 1.807) is 12.0 Å². The number of anilines is 1. The van der Waals surface area contributed by atoms with Gasteiger partial charge in [-0.3, -0.25) is 9.59 Å². The summed E-state index contributed by atoms with van der Waals surface area (Å²) in [5.74, 6) is -1.66. The predicted octanol–water partition coefficient (Wildman–Crippen LogP) is 4.90. The molecule has 0 aromatic heterocycles. The third-order valence-corrected chi connectivity index (χ3v) is 8.79. The van der Waals surface area contributed by atoms with Gasteiger partial charge in [0.25, 0.3) is 5.91 Å². The first kappa shape index (κ1) is 33.5. The Balaban J connectivity index is 0.000000421. The summed E-state index contributed by atoms with van der Waals surface area (Å²) >= 11 is 0. The number of benzene rings is 2. The summed E-state index contributed by atoms with van der Waals surface area (Å²) in [4.78, 5) is 27.7. The second kappa shape index (κ2) is 14.2. The number of carboxylic acids is 1. The van der Waals surface area contributed by atoms with Crippen molar-refractivity contribution in [2.45, 2.75) is 43.9 Å². The number of alkyl halides is 4. The van der Waals surface area contributed by atoms with Crippen molar-refractivity contribution < 1.29 is 41.7 Å². The minimum Gasteiger partial charge on any atom is -0.497 e. The monoisotopic (exact) mass is 623 g/mol. The van der Waals surface area contributed by atoms with E-state index in [1.165, 1.54) is 23.6 Å². The Morgan fingerprint density at radius 1 is 1.07 bits per heavy atom. The molecule has 5 rings (SSSR count). The number of methoxy groups -OCH3 is 2. The molecule has 0 saturated carbocycles. The molecule has 3 aliphatic rings. The van der Waals surface area contributed by atoms with Crippen molar-refractivity contribution in [1.82, 2.24) is 10.2 Å². The van der Waals surface area contributed by atoms with Crippen molar-refractivity contribution in [2.24, 2.45) is 11.8 Å². The molecule has 2 N–H and O–H groups in total. The highest BCUT2D eigenvalue weighted by Gasteiger charge is 2.48. The predicted molar refractivity (Wildman–Crippen MR) is 158 cm³/mol. The summed E-state index contributed by atoms with van der Waals surface area (Å²) in [5, 5.41) is 12.2. The fraction of sp³-hybridized carbons (Fsp3) is 0.562. The van der Waals surface area contributed by atoms with Crippen LogP contribution in [-0.4, -0.2) is 87.6 Å². The zero-order valence-electron chi connectivity index (χ0n) is 25.3. The second-order valence-electron chi connectivity index (χ2n) is 11.8. The van der Waals surface area contributed by atoms with E-state index >= 15 is 4.39 Å². The van der Waals surface area contributed by atoms with Gasteiger partial charge in [0.2, 0.25) is 5.67 Å². The van der Waals surface area contributed by atoms with E-state index in [2.05, 4.69) is 12.2 Å². The van der Waals surface area contributed by atoms with Gasteiger partial charge in [0, 0.05) is 63.8 Å². The third-order valence-electron chi connectivity index (χ3n) is 8.79. The molecule has 242 valence electrons. The van der Waals surface area contributed by atoms with Crippen LogP contribution in [0.3, 0.4) is 0 Å². The van der Waals surface area contributed by atoms with Crippen LogP contribution in [-0.2, 0) is 20.5 Å². The lowest BCUT2D eigenvalue weighted by molar-refractivity contribution is -0.142. The van der Waals surface area contributed by atoms with Gasteiger partial charge in [0.15, 0.2) is 0 Å². The molecule has 44 heavy (non-hydrogen) atoms. The van der Waals surface area contributed by atoms with E-state index in [1.807, 2.05) is 24.3 Å². The molecule has 3 fully saturated rings. The number of rotatable bonds is 7. The third kappa shape index (κ3) is 7.82. The van der Waals surface area contributed by atoms with Crippen LogP contribution in [0.2, 0.25) is 0 Å². The lowest BCUT2D eigenvalue weighted by Gasteiger charge is -2.35. The van der Waals surface area contributed by atoms with Crippen LogP contribution in [0.5, 0.6) is 5.75 Å². The highest BCUT2D eigenvalue weighted by molar-refractivity contribution is 5.86. The number of aryl methyl sites for hydroxylation is 1. The quantitative estimate of drug-likeness (QED) is 0.424. The maximum atomic E-state index is 15.2. The Labute approximate surface area is 255 Å². The molecule has 3 heterocycles. The van der Waals surface area contributed by atoms with Gasteiger partial charge in [-0.25, -0.2) is 4.39 Å². The molecule has 0 radical (unpaired) electrons. The molecule has 8 nitrogen and oxygen atoms in total. The van der Waals surface area contributed by atoms with Gasteiger partial charge in [0.05, 0.1) is 25.2 Å². The number of carboxylic acid groups (broad SMARTS) is 1. The van der Waals surface area contributed by atoms with Crippen LogP contribution >= 0.6 is 0 Å². The van der Waals surface area contributed by atoms with Crippen LogP contribution in [0.4, 0.5) is 23.2 Å². The zero-order chi connectivity index (χ0) is 32.1. The van der Waals surface area contributed by atoms with Crippen LogP contribution in [0.15, 0.2) is 42.5 Å². The highest BCUT2D eigenvalue weighted by atomic mass is 19.4. The van der Waals surface area contributed by atoms with Gasteiger partial charge in [-0.05, 0) is 56.1 Å². The Bertz CT molecular complexity index is 1280. The molecule has 3 atom stereocenters. The van der Waals surface area contributed by atoms with Crippen molar-refractivity contribution in [3.05, 3.63) is 59.2 Å². The Kier molecular flexibility index (Phi) is 10.8. The van der Waals surface area contributed by atoms with Crippen LogP contribution in [0.1, 0.15) is 41.9 Å². The van der Waals surface area contributed by atoms with E-state index in [4.69, 9.17) is 9.47 Å². The van der Waals surface area contributed by atoms with Crippen molar-refractivity contribution in [1.29, 1.82) is 0 Å². The van der Waals surface area contributed by atoms with Crippen LogP contribution in [0, 0.1) is 18.8 Å². The van der Waals surface area contributed by atoms with Crippen molar-refractivity contribution >= 4 is 17.6 Å². The highest BCUT2D eigenvalue weighted by Crippen LogP contribution is 2.43. The Morgan fingerprint density at radius 3 is 2.30 bits per heavy atom. The first-order valence-electron chi connectivity index (χ1n) is 14.8. The number of likely N-dealkylation sites (tertiary alicyclic amines) is 1. The normalized spacial score (nSPS) is 24.2.